The number of benzene rings is 1. The van der Waals surface area contributed by atoms with Crippen LogP contribution >= 0.6 is 11.3 Å². The lowest BCUT2D eigenvalue weighted by molar-refractivity contribution is 0.207. The standard InChI is InChI=1S/C22H26FN5O2S/c1-13(2)30-20-19(25-21-18(24-20)11-15(4)31-21)26-22(29)28-7-5-27(6-8-28)17-10-14(3)9-16(23)12-17/h9-13H,5-8H2,1-4H3,(H,25,26,29). The number of anilines is 2. The van der Waals surface area contributed by atoms with E-state index in [1.54, 1.807) is 4.90 Å². The SMILES string of the molecule is Cc1cc(F)cc(N2CCN(C(=O)Nc3nc4sc(C)cc4nc3OC(C)C)CC2)c1. The molecule has 4 rings (SSSR count). The summed E-state index contributed by atoms with van der Waals surface area (Å²) in [6, 6.07) is 6.72. The molecule has 3 heterocycles. The molecular weight excluding hydrogens is 417 g/mol. The van der Waals surface area contributed by atoms with Crippen LogP contribution in [-0.4, -0.2) is 53.2 Å². The van der Waals surface area contributed by atoms with Gasteiger partial charge in [0.25, 0.3) is 5.88 Å². The number of fused-ring (bicyclic) bond motifs is 1. The van der Waals surface area contributed by atoms with Crippen molar-refractivity contribution in [3.8, 4) is 5.88 Å². The predicted octanol–water partition coefficient (Wildman–Crippen LogP) is 4.59. The van der Waals surface area contributed by atoms with Crippen LogP contribution in [0.3, 0.4) is 0 Å². The van der Waals surface area contributed by atoms with E-state index >= 15 is 0 Å². The van der Waals surface area contributed by atoms with E-state index in [4.69, 9.17) is 4.74 Å². The summed E-state index contributed by atoms with van der Waals surface area (Å²) in [6.07, 6.45) is -0.0968. The van der Waals surface area contributed by atoms with Crippen LogP contribution in [0.4, 0.5) is 20.7 Å². The molecule has 0 atom stereocenters. The molecule has 7 nitrogen and oxygen atoms in total. The lowest BCUT2D eigenvalue weighted by atomic mass is 10.2. The zero-order valence-electron chi connectivity index (χ0n) is 18.1. The molecule has 164 valence electrons. The molecule has 1 N–H and O–H groups in total. The monoisotopic (exact) mass is 443 g/mol. The number of urea groups is 1. The molecule has 0 aliphatic carbocycles. The van der Waals surface area contributed by atoms with Crippen LogP contribution in [0.2, 0.25) is 0 Å². The van der Waals surface area contributed by atoms with Crippen molar-refractivity contribution < 1.29 is 13.9 Å². The fourth-order valence-corrected chi connectivity index (χ4v) is 4.42. The van der Waals surface area contributed by atoms with Gasteiger partial charge in [0.1, 0.15) is 16.2 Å². The lowest BCUT2D eigenvalue weighted by Crippen LogP contribution is -2.50. The van der Waals surface area contributed by atoms with Gasteiger partial charge < -0.3 is 14.5 Å². The van der Waals surface area contributed by atoms with Crippen molar-refractivity contribution in [1.82, 2.24) is 14.9 Å². The van der Waals surface area contributed by atoms with Gasteiger partial charge in [0.05, 0.1) is 6.10 Å². The number of halogens is 1. The summed E-state index contributed by atoms with van der Waals surface area (Å²) < 4.78 is 19.5. The maximum atomic E-state index is 13.7. The van der Waals surface area contributed by atoms with Gasteiger partial charge in [-0.25, -0.2) is 19.2 Å². The Morgan fingerprint density at radius 1 is 1.13 bits per heavy atom. The number of hydrogen-bond donors (Lipinski definition) is 1. The van der Waals surface area contributed by atoms with Crippen LogP contribution in [0.25, 0.3) is 10.3 Å². The van der Waals surface area contributed by atoms with E-state index in [1.807, 2.05) is 39.8 Å². The van der Waals surface area contributed by atoms with Crippen molar-refractivity contribution in [2.75, 3.05) is 36.4 Å². The minimum Gasteiger partial charge on any atom is -0.472 e. The Bertz CT molecular complexity index is 1090. The third-order valence-corrected chi connectivity index (χ3v) is 5.92. The molecule has 1 aromatic carbocycles. The van der Waals surface area contributed by atoms with Crippen LogP contribution in [0, 0.1) is 19.7 Å². The first-order valence-electron chi connectivity index (χ1n) is 10.3. The molecule has 3 aromatic rings. The number of nitrogens with zero attached hydrogens (tertiary/aromatic N) is 4. The number of carbonyl (C=O) groups is 1. The second kappa shape index (κ2) is 8.66. The van der Waals surface area contributed by atoms with E-state index in [-0.39, 0.29) is 18.0 Å². The third kappa shape index (κ3) is 4.87. The highest BCUT2D eigenvalue weighted by Crippen LogP contribution is 2.29. The number of amides is 2. The normalized spacial score (nSPS) is 14.4. The largest absolute Gasteiger partial charge is 0.472 e. The highest BCUT2D eigenvalue weighted by Gasteiger charge is 2.24. The molecule has 2 aromatic heterocycles. The van der Waals surface area contributed by atoms with E-state index in [1.165, 1.54) is 23.5 Å². The zero-order chi connectivity index (χ0) is 22.1. The Morgan fingerprint density at radius 2 is 1.87 bits per heavy atom. The molecule has 0 saturated carbocycles. The Morgan fingerprint density at radius 3 is 2.55 bits per heavy atom. The fourth-order valence-electron chi connectivity index (χ4n) is 3.59. The van der Waals surface area contributed by atoms with Gasteiger partial charge in [0, 0.05) is 36.7 Å². The van der Waals surface area contributed by atoms with Gasteiger partial charge in [-0.15, -0.1) is 11.3 Å². The first-order valence-corrected chi connectivity index (χ1v) is 11.1. The Kier molecular flexibility index (Phi) is 5.95. The van der Waals surface area contributed by atoms with E-state index in [9.17, 15) is 9.18 Å². The minimum absolute atomic E-state index is 0.0968. The van der Waals surface area contributed by atoms with Crippen LogP contribution in [-0.2, 0) is 0 Å². The number of carbonyl (C=O) groups excluding carboxylic acids is 1. The Hall–Kier alpha value is -2.94. The van der Waals surface area contributed by atoms with E-state index in [0.717, 1.165) is 26.5 Å². The smallest absolute Gasteiger partial charge is 0.323 e. The van der Waals surface area contributed by atoms with E-state index < -0.39 is 0 Å². The quantitative estimate of drug-likeness (QED) is 0.639. The summed E-state index contributed by atoms with van der Waals surface area (Å²) in [7, 11) is 0. The summed E-state index contributed by atoms with van der Waals surface area (Å²) in [6.45, 7) is 9.98. The van der Waals surface area contributed by atoms with Crippen molar-refractivity contribution in [2.45, 2.75) is 33.8 Å². The van der Waals surface area contributed by atoms with E-state index in [0.29, 0.717) is 37.9 Å². The Labute approximate surface area is 184 Å². The molecule has 1 fully saturated rings. The van der Waals surface area contributed by atoms with Crippen LogP contribution in [0.5, 0.6) is 5.88 Å². The van der Waals surface area contributed by atoms with Gasteiger partial charge >= 0.3 is 6.03 Å². The zero-order valence-corrected chi connectivity index (χ0v) is 18.9. The molecule has 1 saturated heterocycles. The van der Waals surface area contributed by atoms with Gasteiger partial charge in [-0.1, -0.05) is 0 Å². The second-order valence-electron chi connectivity index (χ2n) is 7.98. The molecule has 1 aliphatic rings. The first-order chi connectivity index (χ1) is 14.8. The van der Waals surface area contributed by atoms with Crippen molar-refractivity contribution in [3.63, 3.8) is 0 Å². The number of ether oxygens (including phenoxy) is 1. The first kappa shape index (κ1) is 21.3. The highest BCUT2D eigenvalue weighted by molar-refractivity contribution is 7.18. The summed E-state index contributed by atoms with van der Waals surface area (Å²) >= 11 is 1.53. The van der Waals surface area contributed by atoms with Crippen LogP contribution < -0.4 is 15.0 Å². The third-order valence-electron chi connectivity index (χ3n) is 4.99. The summed E-state index contributed by atoms with van der Waals surface area (Å²) in [4.78, 5) is 27.7. The van der Waals surface area contributed by atoms with Gasteiger partial charge in [-0.2, -0.15) is 0 Å². The maximum Gasteiger partial charge on any atom is 0.323 e. The number of piperazine rings is 1. The van der Waals surface area contributed by atoms with Crippen LogP contribution in [0.1, 0.15) is 24.3 Å². The molecule has 2 amide bonds. The number of rotatable bonds is 4. The van der Waals surface area contributed by atoms with Gasteiger partial charge in [-0.3, -0.25) is 5.32 Å². The van der Waals surface area contributed by atoms with Crippen molar-refractivity contribution in [1.29, 1.82) is 0 Å². The molecule has 31 heavy (non-hydrogen) atoms. The van der Waals surface area contributed by atoms with Crippen molar-refractivity contribution in [2.24, 2.45) is 0 Å². The highest BCUT2D eigenvalue weighted by atomic mass is 32.1. The average Bonchev–Trinajstić information content (AvgIpc) is 3.06. The van der Waals surface area contributed by atoms with Crippen LogP contribution in [0.15, 0.2) is 24.3 Å². The van der Waals surface area contributed by atoms with Gasteiger partial charge in [-0.05, 0) is 57.5 Å². The Balaban J connectivity index is 1.46. The average molecular weight is 444 g/mol. The summed E-state index contributed by atoms with van der Waals surface area (Å²) in [5.41, 5.74) is 2.48. The maximum absolute atomic E-state index is 13.7. The number of aryl methyl sites for hydroxylation is 2. The predicted molar refractivity (Wildman–Crippen MR) is 122 cm³/mol. The molecule has 0 spiro atoms. The van der Waals surface area contributed by atoms with Gasteiger partial charge in [0.2, 0.25) is 0 Å². The van der Waals surface area contributed by atoms with Crippen molar-refractivity contribution >= 4 is 39.2 Å². The van der Waals surface area contributed by atoms with Gasteiger partial charge in [0.15, 0.2) is 5.82 Å². The van der Waals surface area contributed by atoms with Crippen molar-refractivity contribution in [3.05, 3.63) is 40.5 Å². The minimum atomic E-state index is -0.245. The number of nitrogens with one attached hydrogen (secondary N) is 1. The second-order valence-corrected chi connectivity index (χ2v) is 9.22. The molecule has 0 radical (unpaired) electrons. The molecule has 1 aliphatic heterocycles. The topological polar surface area (TPSA) is 70.6 Å². The molecular formula is C22H26FN5O2S. The summed E-state index contributed by atoms with van der Waals surface area (Å²) in [5, 5.41) is 2.88. The lowest BCUT2D eigenvalue weighted by Gasteiger charge is -2.36. The molecule has 0 bridgehead atoms. The number of aromatic nitrogens is 2. The number of thiophene rings is 1. The van der Waals surface area contributed by atoms with E-state index in [2.05, 4.69) is 20.2 Å². The fraction of sp³-hybridized carbons (Fsp3) is 0.409. The number of hydrogen-bond acceptors (Lipinski definition) is 6. The molecule has 9 heteroatoms. The molecule has 0 unspecified atom stereocenters. The summed E-state index contributed by atoms with van der Waals surface area (Å²) in [5.74, 6) is 0.407.